The van der Waals surface area contributed by atoms with Crippen molar-refractivity contribution in [1.29, 1.82) is 0 Å². The molecule has 1 amide bonds. The molecule has 0 aliphatic carbocycles. The van der Waals surface area contributed by atoms with Crippen molar-refractivity contribution in [2.75, 3.05) is 5.33 Å². The number of nitrogens with zero attached hydrogens (tertiary/aromatic N) is 1. The first kappa shape index (κ1) is 13.2. The summed E-state index contributed by atoms with van der Waals surface area (Å²) in [5.74, 6) is 0. The van der Waals surface area contributed by atoms with Crippen molar-refractivity contribution in [3.8, 4) is 0 Å². The minimum absolute atomic E-state index is 0.0799. The van der Waals surface area contributed by atoms with E-state index < -0.39 is 5.60 Å². The van der Waals surface area contributed by atoms with Gasteiger partial charge in [0.15, 0.2) is 0 Å². The van der Waals surface area contributed by atoms with Gasteiger partial charge in [-0.15, -0.1) is 0 Å². The van der Waals surface area contributed by atoms with Gasteiger partial charge in [-0.05, 0) is 52.9 Å². The van der Waals surface area contributed by atoms with E-state index in [1.807, 2.05) is 25.7 Å². The molecule has 0 unspecified atom stereocenters. The number of fused-ring (bicyclic) bond motifs is 2. The van der Waals surface area contributed by atoms with E-state index in [1.54, 1.807) is 0 Å². The molecular formula is C13H22BrNO2. The molecule has 17 heavy (non-hydrogen) atoms. The quantitative estimate of drug-likeness (QED) is 0.728. The lowest BCUT2D eigenvalue weighted by atomic mass is 9.86. The predicted molar refractivity (Wildman–Crippen MR) is 71.5 cm³/mol. The van der Waals surface area contributed by atoms with E-state index in [9.17, 15) is 4.79 Å². The van der Waals surface area contributed by atoms with E-state index in [4.69, 9.17) is 4.74 Å². The van der Waals surface area contributed by atoms with Crippen LogP contribution in [0.25, 0.3) is 0 Å². The second kappa shape index (κ2) is 4.45. The third-order valence-electron chi connectivity index (χ3n) is 3.91. The van der Waals surface area contributed by atoms with Crippen molar-refractivity contribution < 1.29 is 9.53 Å². The molecule has 0 aromatic rings. The maximum absolute atomic E-state index is 12.3. The van der Waals surface area contributed by atoms with Crippen molar-refractivity contribution in [2.45, 2.75) is 70.1 Å². The van der Waals surface area contributed by atoms with Gasteiger partial charge in [0.2, 0.25) is 0 Å². The summed E-state index contributed by atoms with van der Waals surface area (Å²) in [6.45, 7) is 5.79. The summed E-state index contributed by atoms with van der Waals surface area (Å²) in [7, 11) is 0. The fourth-order valence-corrected chi connectivity index (χ4v) is 3.96. The van der Waals surface area contributed by atoms with Crippen LogP contribution < -0.4 is 0 Å². The zero-order valence-electron chi connectivity index (χ0n) is 11.0. The molecule has 2 heterocycles. The Morgan fingerprint density at radius 2 is 2.00 bits per heavy atom. The van der Waals surface area contributed by atoms with Crippen LogP contribution in [0.1, 0.15) is 52.9 Å². The maximum atomic E-state index is 12.3. The summed E-state index contributed by atoms with van der Waals surface area (Å²) >= 11 is 3.51. The Morgan fingerprint density at radius 3 is 2.47 bits per heavy atom. The van der Waals surface area contributed by atoms with Gasteiger partial charge in [-0.2, -0.15) is 0 Å². The molecule has 2 fully saturated rings. The van der Waals surface area contributed by atoms with E-state index in [1.165, 1.54) is 0 Å². The van der Waals surface area contributed by atoms with Crippen LogP contribution in [0.5, 0.6) is 0 Å². The number of hydrogen-bond donors (Lipinski definition) is 0. The molecule has 3 nitrogen and oxygen atoms in total. The highest BCUT2D eigenvalue weighted by molar-refractivity contribution is 9.09. The third-order valence-corrected chi connectivity index (χ3v) is 4.31. The third kappa shape index (κ3) is 2.47. The van der Waals surface area contributed by atoms with Gasteiger partial charge >= 0.3 is 6.09 Å². The van der Waals surface area contributed by atoms with Crippen LogP contribution >= 0.6 is 15.9 Å². The van der Waals surface area contributed by atoms with Crippen LogP contribution in [0.4, 0.5) is 4.79 Å². The van der Waals surface area contributed by atoms with E-state index in [0.29, 0.717) is 6.04 Å². The van der Waals surface area contributed by atoms with Gasteiger partial charge in [0.25, 0.3) is 0 Å². The first-order valence-corrected chi connectivity index (χ1v) is 7.58. The second-order valence-corrected chi connectivity index (χ2v) is 7.04. The van der Waals surface area contributed by atoms with Crippen LogP contribution in [0.2, 0.25) is 0 Å². The maximum Gasteiger partial charge on any atom is 0.411 e. The Morgan fingerprint density at radius 1 is 1.41 bits per heavy atom. The van der Waals surface area contributed by atoms with Gasteiger partial charge in [0, 0.05) is 16.9 Å². The highest BCUT2D eigenvalue weighted by Crippen LogP contribution is 2.49. The highest BCUT2D eigenvalue weighted by atomic mass is 79.9. The molecule has 4 heteroatoms. The molecule has 2 aliphatic heterocycles. The van der Waals surface area contributed by atoms with Crippen LogP contribution in [-0.4, -0.2) is 33.5 Å². The first-order valence-electron chi connectivity index (χ1n) is 6.46. The van der Waals surface area contributed by atoms with Crippen LogP contribution in [0.3, 0.4) is 0 Å². The summed E-state index contributed by atoms with van der Waals surface area (Å²) in [4.78, 5) is 14.3. The standard InChI is InChI=1S/C13H22BrNO2/c1-12(2,3)17-11(16)15-10-4-6-13(15,7-5-10)8-9-14/h10H,4-9H2,1-3H3. The Bertz CT molecular complexity index is 303. The van der Waals surface area contributed by atoms with Crippen molar-refractivity contribution in [3.63, 3.8) is 0 Å². The Hall–Kier alpha value is -0.250. The summed E-state index contributed by atoms with van der Waals surface area (Å²) in [6, 6.07) is 0.420. The zero-order chi connectivity index (χ0) is 12.7. The monoisotopic (exact) mass is 303 g/mol. The zero-order valence-corrected chi connectivity index (χ0v) is 12.5. The molecule has 0 N–H and O–H groups in total. The average molecular weight is 304 g/mol. The number of carbonyl (C=O) groups excluding carboxylic acids is 1. The van der Waals surface area contributed by atoms with Crippen molar-refractivity contribution in [1.82, 2.24) is 4.90 Å². The predicted octanol–water partition coefficient (Wildman–Crippen LogP) is 3.70. The topological polar surface area (TPSA) is 29.5 Å². The molecule has 98 valence electrons. The van der Waals surface area contributed by atoms with E-state index in [2.05, 4.69) is 15.9 Å². The highest BCUT2D eigenvalue weighted by Gasteiger charge is 2.54. The lowest BCUT2D eigenvalue weighted by molar-refractivity contribution is 0.00908. The van der Waals surface area contributed by atoms with Crippen LogP contribution in [0.15, 0.2) is 0 Å². The van der Waals surface area contributed by atoms with Gasteiger partial charge in [-0.1, -0.05) is 15.9 Å². The van der Waals surface area contributed by atoms with Gasteiger partial charge < -0.3 is 4.74 Å². The number of halogens is 1. The lowest BCUT2D eigenvalue weighted by Crippen LogP contribution is -2.47. The largest absolute Gasteiger partial charge is 0.444 e. The fraction of sp³-hybridized carbons (Fsp3) is 0.923. The number of ether oxygens (including phenoxy) is 1. The molecule has 0 aromatic heterocycles. The average Bonchev–Trinajstić information content (AvgIpc) is 2.69. The fourth-order valence-electron chi connectivity index (χ4n) is 3.23. The molecule has 0 atom stereocenters. The minimum Gasteiger partial charge on any atom is -0.444 e. The smallest absolute Gasteiger partial charge is 0.411 e. The Labute approximate surface area is 112 Å². The van der Waals surface area contributed by atoms with Crippen molar-refractivity contribution in [3.05, 3.63) is 0 Å². The molecule has 2 bridgehead atoms. The first-order chi connectivity index (χ1) is 7.88. The minimum atomic E-state index is -0.394. The second-order valence-electron chi connectivity index (χ2n) is 6.24. The van der Waals surface area contributed by atoms with Gasteiger partial charge in [0.1, 0.15) is 5.60 Å². The Kier molecular flexibility index (Phi) is 3.45. The summed E-state index contributed by atoms with van der Waals surface area (Å²) in [6.07, 6.45) is 5.50. The van der Waals surface area contributed by atoms with Gasteiger partial charge in [-0.3, -0.25) is 4.90 Å². The van der Waals surface area contributed by atoms with Crippen LogP contribution in [0, 0.1) is 0 Å². The Balaban J connectivity index is 2.12. The molecular weight excluding hydrogens is 282 g/mol. The van der Waals surface area contributed by atoms with E-state index in [-0.39, 0.29) is 11.6 Å². The molecule has 2 aliphatic rings. The van der Waals surface area contributed by atoms with E-state index >= 15 is 0 Å². The number of alkyl halides is 1. The van der Waals surface area contributed by atoms with Gasteiger partial charge in [-0.25, -0.2) is 4.79 Å². The number of hydrogen-bond acceptors (Lipinski definition) is 2. The van der Waals surface area contributed by atoms with Gasteiger partial charge in [0.05, 0.1) is 0 Å². The van der Waals surface area contributed by atoms with E-state index in [0.717, 1.165) is 37.4 Å². The molecule has 0 radical (unpaired) electrons. The van der Waals surface area contributed by atoms with Crippen molar-refractivity contribution in [2.24, 2.45) is 0 Å². The molecule has 2 rings (SSSR count). The molecule has 0 saturated carbocycles. The summed E-state index contributed by atoms with van der Waals surface area (Å²) < 4.78 is 5.55. The molecule has 2 saturated heterocycles. The number of carbonyl (C=O) groups is 1. The number of rotatable bonds is 2. The summed E-state index contributed by atoms with van der Waals surface area (Å²) in [5.41, 5.74) is -0.314. The normalized spacial score (nSPS) is 32.0. The molecule has 0 spiro atoms. The SMILES string of the molecule is CC(C)(C)OC(=O)N1C2CCC1(CCBr)CC2. The lowest BCUT2D eigenvalue weighted by Gasteiger charge is -2.35. The summed E-state index contributed by atoms with van der Waals surface area (Å²) in [5, 5.41) is 0.957. The van der Waals surface area contributed by atoms with Crippen molar-refractivity contribution >= 4 is 22.0 Å². The molecule has 0 aromatic carbocycles. The van der Waals surface area contributed by atoms with Crippen LogP contribution in [-0.2, 0) is 4.74 Å². The number of amides is 1.